The first-order valence-corrected chi connectivity index (χ1v) is 5.75. The van der Waals surface area contributed by atoms with Crippen molar-refractivity contribution in [3.05, 3.63) is 23.8 Å². The Morgan fingerprint density at radius 1 is 1.44 bits per heavy atom. The number of benzene rings is 1. The van der Waals surface area contributed by atoms with Crippen LogP contribution in [-0.4, -0.2) is 33.9 Å². The van der Waals surface area contributed by atoms with E-state index in [-0.39, 0.29) is 17.7 Å². The average molecular weight is 282 g/mol. The van der Waals surface area contributed by atoms with Gasteiger partial charge in [-0.15, -0.1) is 0 Å². The van der Waals surface area contributed by atoms with E-state index in [4.69, 9.17) is 9.84 Å². The van der Waals surface area contributed by atoms with E-state index in [1.54, 1.807) is 6.07 Å². The number of rotatable bonds is 4. The van der Waals surface area contributed by atoms with Crippen molar-refractivity contribution >= 4 is 33.1 Å². The van der Waals surface area contributed by atoms with Crippen molar-refractivity contribution in [1.82, 2.24) is 0 Å². The maximum absolute atomic E-state index is 11.3. The Balaban J connectivity index is 2.95. The molecule has 0 aromatic heterocycles. The van der Waals surface area contributed by atoms with E-state index < -0.39 is 11.9 Å². The van der Waals surface area contributed by atoms with Crippen molar-refractivity contribution in [1.29, 1.82) is 0 Å². The number of aromatic carboxylic acids is 1. The summed E-state index contributed by atoms with van der Waals surface area (Å²) in [4.78, 5) is 22.2. The summed E-state index contributed by atoms with van der Waals surface area (Å²) in [6, 6.07) is 4.63. The molecular weight excluding hydrogens is 271 g/mol. The minimum absolute atomic E-state index is 0.00239. The van der Waals surface area contributed by atoms with Crippen LogP contribution in [0.25, 0.3) is 0 Å². The zero-order chi connectivity index (χ0) is 12.1. The molecule has 2 radical (unpaired) electrons. The van der Waals surface area contributed by atoms with Crippen LogP contribution in [0.3, 0.4) is 0 Å². The molecule has 0 amide bonds. The Kier molecular flexibility index (Phi) is 4.56. The summed E-state index contributed by atoms with van der Waals surface area (Å²) in [6.45, 7) is 1.85. The molecule has 0 aliphatic carbocycles. The number of carbonyl (C=O) groups excluding carboxylic acids is 1. The molecule has 1 aromatic rings. The number of carboxylic acids is 1. The van der Waals surface area contributed by atoms with E-state index in [2.05, 4.69) is 16.9 Å². The van der Waals surface area contributed by atoms with Gasteiger partial charge in [-0.05, 0) is 0 Å². The first kappa shape index (κ1) is 12.8. The molecular formula is C11H11AsO4. The molecule has 1 rings (SSSR count). The van der Waals surface area contributed by atoms with Gasteiger partial charge in [0, 0.05) is 0 Å². The molecule has 5 heteroatoms. The van der Waals surface area contributed by atoms with Crippen molar-refractivity contribution < 1.29 is 19.4 Å². The molecule has 0 saturated heterocycles. The fraction of sp³-hybridized carbons (Fsp3) is 0.273. The van der Waals surface area contributed by atoms with E-state index in [9.17, 15) is 9.59 Å². The van der Waals surface area contributed by atoms with E-state index in [1.165, 1.54) is 12.1 Å². The summed E-state index contributed by atoms with van der Waals surface area (Å²) < 4.78 is 5.73. The number of hydrogen-bond acceptors (Lipinski definition) is 3. The van der Waals surface area contributed by atoms with Crippen LogP contribution in [0.1, 0.15) is 30.1 Å². The summed E-state index contributed by atoms with van der Waals surface area (Å²) in [5, 5.41) is 8.93. The normalized spacial score (nSPS) is 9.88. The van der Waals surface area contributed by atoms with Gasteiger partial charge in [-0.2, -0.15) is 0 Å². The molecule has 0 heterocycles. The van der Waals surface area contributed by atoms with Gasteiger partial charge in [-0.1, -0.05) is 0 Å². The van der Waals surface area contributed by atoms with E-state index in [1.807, 2.05) is 6.92 Å². The van der Waals surface area contributed by atoms with Crippen LogP contribution in [0.4, 0.5) is 0 Å². The summed E-state index contributed by atoms with van der Waals surface area (Å²) in [7, 11) is 0. The van der Waals surface area contributed by atoms with Crippen molar-refractivity contribution in [2.45, 2.75) is 19.8 Å². The third-order valence-corrected chi connectivity index (χ3v) is 2.46. The fourth-order valence-corrected chi connectivity index (χ4v) is 1.58. The third kappa shape index (κ3) is 3.38. The van der Waals surface area contributed by atoms with Crippen LogP contribution < -0.4 is 9.09 Å². The summed E-state index contributed by atoms with van der Waals surface area (Å²) in [6.07, 6.45) is 0.951. The fourth-order valence-electron chi connectivity index (χ4n) is 1.15. The van der Waals surface area contributed by atoms with Crippen LogP contribution in [-0.2, 0) is 4.79 Å². The molecule has 0 saturated carbocycles. The second kappa shape index (κ2) is 5.71. The Bertz CT molecular complexity index is 414. The molecule has 1 aromatic carbocycles. The first-order valence-electron chi connectivity index (χ1n) is 4.81. The van der Waals surface area contributed by atoms with Gasteiger partial charge in [0.2, 0.25) is 0 Å². The Morgan fingerprint density at radius 3 is 2.69 bits per heavy atom. The van der Waals surface area contributed by atoms with Crippen molar-refractivity contribution in [3.8, 4) is 5.75 Å². The van der Waals surface area contributed by atoms with Gasteiger partial charge >= 0.3 is 102 Å². The number of carboxylic acid groups (broad SMARTS) is 1. The van der Waals surface area contributed by atoms with Gasteiger partial charge in [0.15, 0.2) is 0 Å². The number of ether oxygens (including phenoxy) is 1. The van der Waals surface area contributed by atoms with Crippen LogP contribution in [0.15, 0.2) is 18.2 Å². The quantitative estimate of drug-likeness (QED) is 0.506. The number of esters is 1. The Hall–Kier alpha value is -1.28. The second-order valence-electron chi connectivity index (χ2n) is 3.21. The van der Waals surface area contributed by atoms with Gasteiger partial charge in [-0.25, -0.2) is 0 Å². The van der Waals surface area contributed by atoms with Gasteiger partial charge in [0.05, 0.1) is 0 Å². The molecule has 0 spiro atoms. The molecule has 16 heavy (non-hydrogen) atoms. The molecule has 1 N–H and O–H groups in total. The molecule has 0 unspecified atom stereocenters. The van der Waals surface area contributed by atoms with Gasteiger partial charge in [0.1, 0.15) is 0 Å². The summed E-state index contributed by atoms with van der Waals surface area (Å²) >= 11 is 2.24. The van der Waals surface area contributed by atoms with Crippen LogP contribution >= 0.6 is 0 Å². The molecule has 0 bridgehead atoms. The Labute approximate surface area is 102 Å². The predicted molar refractivity (Wildman–Crippen MR) is 59.3 cm³/mol. The zero-order valence-electron chi connectivity index (χ0n) is 8.77. The second-order valence-corrected chi connectivity index (χ2v) is 4.29. The molecule has 0 fully saturated rings. The number of carbonyl (C=O) groups is 2. The summed E-state index contributed by atoms with van der Waals surface area (Å²) in [5.74, 6) is -1.42. The predicted octanol–water partition coefficient (Wildman–Crippen LogP) is 0.884. The van der Waals surface area contributed by atoms with Crippen molar-refractivity contribution in [2.24, 2.45) is 0 Å². The standard InChI is InChI=1S/C11H11AsO4/c1-2-3-10(13)16-9-5-4-7(12)6-8(9)11(14)15/h4-6H,2-3H2,1H3,(H,14,15). The Morgan fingerprint density at radius 2 is 2.12 bits per heavy atom. The van der Waals surface area contributed by atoms with Crippen LogP contribution in [0, 0.1) is 0 Å². The van der Waals surface area contributed by atoms with Gasteiger partial charge < -0.3 is 0 Å². The van der Waals surface area contributed by atoms with E-state index >= 15 is 0 Å². The zero-order valence-corrected chi connectivity index (χ0v) is 10.6. The first-order chi connectivity index (χ1) is 7.54. The molecule has 84 valence electrons. The average Bonchev–Trinajstić information content (AvgIpc) is 2.20. The SMILES string of the molecule is CCCC(=O)Oc1ccc([As])cc1C(=O)O. The van der Waals surface area contributed by atoms with E-state index in [0.29, 0.717) is 6.42 Å². The van der Waals surface area contributed by atoms with Crippen molar-refractivity contribution in [2.75, 3.05) is 0 Å². The topological polar surface area (TPSA) is 63.6 Å². The number of hydrogen-bond donors (Lipinski definition) is 1. The van der Waals surface area contributed by atoms with Gasteiger partial charge in [0.25, 0.3) is 0 Å². The monoisotopic (exact) mass is 282 g/mol. The van der Waals surface area contributed by atoms with Crippen molar-refractivity contribution in [3.63, 3.8) is 0 Å². The van der Waals surface area contributed by atoms with Crippen LogP contribution in [0.2, 0.25) is 0 Å². The minimum atomic E-state index is -1.10. The maximum atomic E-state index is 11.3. The molecule has 0 atom stereocenters. The molecule has 0 aliphatic rings. The van der Waals surface area contributed by atoms with E-state index in [0.717, 1.165) is 4.35 Å². The summed E-state index contributed by atoms with van der Waals surface area (Å²) in [5.41, 5.74) is 0.00239. The van der Waals surface area contributed by atoms with Gasteiger partial charge in [-0.3, -0.25) is 0 Å². The molecule has 4 nitrogen and oxygen atoms in total. The third-order valence-electron chi connectivity index (χ3n) is 1.87. The molecule has 0 aliphatic heterocycles. The van der Waals surface area contributed by atoms with Crippen LogP contribution in [0.5, 0.6) is 5.75 Å².